The maximum atomic E-state index is 12.3. The Morgan fingerprint density at radius 1 is 1.15 bits per heavy atom. The zero-order valence-electron chi connectivity index (χ0n) is 10.2. The number of ether oxygens (including phenoxy) is 2. The van der Waals surface area contributed by atoms with E-state index in [1.165, 1.54) is 37.4 Å². The molecule has 0 saturated carbocycles. The van der Waals surface area contributed by atoms with Gasteiger partial charge in [-0.2, -0.15) is 0 Å². The Bertz CT molecular complexity index is 616. The van der Waals surface area contributed by atoms with Crippen molar-refractivity contribution in [2.75, 3.05) is 7.11 Å². The van der Waals surface area contributed by atoms with Gasteiger partial charge in [0.25, 0.3) is 0 Å². The second-order valence-corrected chi connectivity index (χ2v) is 3.70. The number of methoxy groups -OCH3 is 1. The minimum Gasteiger partial charge on any atom is -0.463 e. The minimum atomic E-state index is -4.81. The molecular formula is C13H9F3O4. The molecule has 0 unspecified atom stereocenters. The van der Waals surface area contributed by atoms with E-state index in [0.29, 0.717) is 0 Å². The van der Waals surface area contributed by atoms with Crippen molar-refractivity contribution < 1.29 is 31.9 Å². The first-order valence-electron chi connectivity index (χ1n) is 5.44. The molecule has 0 spiro atoms. The predicted molar refractivity (Wildman–Crippen MR) is 62.2 cm³/mol. The number of benzene rings is 1. The number of esters is 1. The highest BCUT2D eigenvalue weighted by Crippen LogP contribution is 2.34. The number of furan rings is 1. The molecule has 1 aromatic heterocycles. The molecule has 7 heteroatoms. The number of halogens is 3. The van der Waals surface area contributed by atoms with Crippen molar-refractivity contribution in [3.63, 3.8) is 0 Å². The number of hydrogen-bond acceptors (Lipinski definition) is 4. The van der Waals surface area contributed by atoms with Crippen LogP contribution in [0.15, 0.2) is 40.8 Å². The summed E-state index contributed by atoms with van der Waals surface area (Å²) in [5.74, 6) is -1.16. The molecule has 2 aromatic rings. The highest BCUT2D eigenvalue weighted by atomic mass is 19.4. The molecule has 0 bridgehead atoms. The lowest BCUT2D eigenvalue weighted by molar-refractivity contribution is -0.274. The topological polar surface area (TPSA) is 48.7 Å². The fourth-order valence-electron chi connectivity index (χ4n) is 1.58. The third-order valence-electron chi connectivity index (χ3n) is 2.37. The Hall–Kier alpha value is -2.44. The van der Waals surface area contributed by atoms with Gasteiger partial charge in [0, 0.05) is 0 Å². The van der Waals surface area contributed by atoms with Crippen LogP contribution in [0.2, 0.25) is 0 Å². The van der Waals surface area contributed by atoms with Gasteiger partial charge in [0.15, 0.2) is 0 Å². The molecule has 0 aliphatic heterocycles. The van der Waals surface area contributed by atoms with Gasteiger partial charge in [0.05, 0.1) is 12.7 Å². The Morgan fingerprint density at radius 3 is 2.50 bits per heavy atom. The molecule has 0 fully saturated rings. The number of carbonyl (C=O) groups excluding carboxylic acids is 1. The van der Waals surface area contributed by atoms with Crippen molar-refractivity contribution >= 4 is 5.97 Å². The number of rotatable bonds is 3. The van der Waals surface area contributed by atoms with Gasteiger partial charge >= 0.3 is 12.3 Å². The minimum absolute atomic E-state index is 0.0743. The predicted octanol–water partition coefficient (Wildman–Crippen LogP) is 3.63. The molecule has 0 aliphatic rings. The van der Waals surface area contributed by atoms with Crippen LogP contribution in [0, 0.1) is 0 Å². The van der Waals surface area contributed by atoms with Crippen molar-refractivity contribution in [2.24, 2.45) is 0 Å². The number of para-hydroxylation sites is 1. The summed E-state index contributed by atoms with van der Waals surface area (Å²) >= 11 is 0. The van der Waals surface area contributed by atoms with Gasteiger partial charge < -0.3 is 13.9 Å². The summed E-state index contributed by atoms with van der Waals surface area (Å²) in [6.45, 7) is 0. The van der Waals surface area contributed by atoms with Crippen LogP contribution in [0.4, 0.5) is 13.2 Å². The second-order valence-electron chi connectivity index (χ2n) is 3.70. The summed E-state index contributed by atoms with van der Waals surface area (Å²) in [5, 5.41) is 0. The number of hydrogen-bond donors (Lipinski definition) is 0. The molecule has 0 N–H and O–H groups in total. The summed E-state index contributed by atoms with van der Waals surface area (Å²) in [5.41, 5.74) is 0.0833. The second kappa shape index (κ2) is 5.28. The SMILES string of the molecule is COC(=O)c1ccc(-c2ccccc2OC(F)(F)F)o1. The largest absolute Gasteiger partial charge is 0.573 e. The van der Waals surface area contributed by atoms with Gasteiger partial charge in [-0.3, -0.25) is 0 Å². The van der Waals surface area contributed by atoms with E-state index in [-0.39, 0.29) is 17.1 Å². The van der Waals surface area contributed by atoms with Crippen LogP contribution in [-0.4, -0.2) is 19.4 Å². The average Bonchev–Trinajstić information content (AvgIpc) is 2.86. The molecule has 106 valence electrons. The summed E-state index contributed by atoms with van der Waals surface area (Å²) in [6.07, 6.45) is -4.81. The van der Waals surface area contributed by atoms with Crippen molar-refractivity contribution in [3.8, 4) is 17.1 Å². The fourth-order valence-corrected chi connectivity index (χ4v) is 1.58. The molecular weight excluding hydrogens is 277 g/mol. The molecule has 0 aliphatic carbocycles. The van der Waals surface area contributed by atoms with Crippen LogP contribution in [0.5, 0.6) is 5.75 Å². The quantitative estimate of drug-likeness (QED) is 0.808. The van der Waals surface area contributed by atoms with E-state index in [0.717, 1.165) is 6.07 Å². The van der Waals surface area contributed by atoms with E-state index in [1.807, 2.05) is 0 Å². The van der Waals surface area contributed by atoms with Crippen LogP contribution < -0.4 is 4.74 Å². The number of carbonyl (C=O) groups is 1. The van der Waals surface area contributed by atoms with Crippen LogP contribution >= 0.6 is 0 Å². The maximum absolute atomic E-state index is 12.3. The van der Waals surface area contributed by atoms with Crippen LogP contribution in [0.25, 0.3) is 11.3 Å². The first kappa shape index (κ1) is 14.0. The van der Waals surface area contributed by atoms with Gasteiger partial charge in [-0.15, -0.1) is 13.2 Å². The third kappa shape index (κ3) is 3.11. The lowest BCUT2D eigenvalue weighted by Gasteiger charge is -2.11. The fraction of sp³-hybridized carbons (Fsp3) is 0.154. The zero-order chi connectivity index (χ0) is 14.8. The molecule has 1 aromatic carbocycles. The third-order valence-corrected chi connectivity index (χ3v) is 2.37. The molecule has 4 nitrogen and oxygen atoms in total. The highest BCUT2D eigenvalue weighted by molar-refractivity contribution is 5.87. The molecule has 0 saturated heterocycles. The lowest BCUT2D eigenvalue weighted by Crippen LogP contribution is -2.17. The van der Waals surface area contributed by atoms with Crippen molar-refractivity contribution in [3.05, 3.63) is 42.2 Å². The summed E-state index contributed by atoms with van der Waals surface area (Å²) in [6, 6.07) is 8.15. The van der Waals surface area contributed by atoms with Crippen molar-refractivity contribution in [1.29, 1.82) is 0 Å². The standard InChI is InChI=1S/C13H9F3O4/c1-18-12(17)11-7-6-9(19-11)8-4-2-3-5-10(8)20-13(14,15)16/h2-7H,1H3. The molecule has 2 rings (SSSR count). The van der Waals surface area contributed by atoms with E-state index < -0.39 is 18.1 Å². The molecule has 0 amide bonds. The van der Waals surface area contributed by atoms with Crippen molar-refractivity contribution in [2.45, 2.75) is 6.36 Å². The van der Waals surface area contributed by atoms with E-state index in [2.05, 4.69) is 9.47 Å². The number of alkyl halides is 3. The molecule has 0 radical (unpaired) electrons. The maximum Gasteiger partial charge on any atom is 0.573 e. The van der Waals surface area contributed by atoms with Crippen LogP contribution in [-0.2, 0) is 4.74 Å². The van der Waals surface area contributed by atoms with E-state index >= 15 is 0 Å². The monoisotopic (exact) mass is 286 g/mol. The Morgan fingerprint density at radius 2 is 1.85 bits per heavy atom. The Balaban J connectivity index is 2.38. The lowest BCUT2D eigenvalue weighted by atomic mass is 10.1. The summed E-state index contributed by atoms with van der Waals surface area (Å²) < 4.78 is 50.4. The molecule has 1 heterocycles. The smallest absolute Gasteiger partial charge is 0.463 e. The average molecular weight is 286 g/mol. The molecule has 0 atom stereocenters. The van der Waals surface area contributed by atoms with Crippen LogP contribution in [0.1, 0.15) is 10.6 Å². The normalized spacial score (nSPS) is 11.2. The van der Waals surface area contributed by atoms with Gasteiger partial charge in [0.2, 0.25) is 5.76 Å². The Labute approximate surface area is 111 Å². The van der Waals surface area contributed by atoms with Gasteiger partial charge in [-0.05, 0) is 24.3 Å². The first-order chi connectivity index (χ1) is 9.40. The van der Waals surface area contributed by atoms with Gasteiger partial charge in [-0.1, -0.05) is 12.1 Å². The van der Waals surface area contributed by atoms with Gasteiger partial charge in [-0.25, -0.2) is 4.79 Å². The van der Waals surface area contributed by atoms with E-state index in [4.69, 9.17) is 4.42 Å². The van der Waals surface area contributed by atoms with Crippen LogP contribution in [0.3, 0.4) is 0 Å². The summed E-state index contributed by atoms with van der Waals surface area (Å²) in [7, 11) is 1.17. The van der Waals surface area contributed by atoms with Gasteiger partial charge in [0.1, 0.15) is 11.5 Å². The Kier molecular flexibility index (Phi) is 3.69. The summed E-state index contributed by atoms with van der Waals surface area (Å²) in [4.78, 5) is 11.2. The van der Waals surface area contributed by atoms with Crippen molar-refractivity contribution in [1.82, 2.24) is 0 Å². The van der Waals surface area contributed by atoms with E-state index in [1.54, 1.807) is 0 Å². The zero-order valence-corrected chi connectivity index (χ0v) is 10.2. The molecule has 20 heavy (non-hydrogen) atoms. The first-order valence-corrected chi connectivity index (χ1v) is 5.44. The highest BCUT2D eigenvalue weighted by Gasteiger charge is 2.32. The van der Waals surface area contributed by atoms with E-state index in [9.17, 15) is 18.0 Å².